The van der Waals surface area contributed by atoms with E-state index >= 15 is 0 Å². The maximum atomic E-state index is 13.1. The molecule has 140 valence electrons. The van der Waals surface area contributed by atoms with Crippen LogP contribution in [0.25, 0.3) is 5.82 Å². The third-order valence-electron chi connectivity index (χ3n) is 3.62. The van der Waals surface area contributed by atoms with Gasteiger partial charge in [0.1, 0.15) is 23.8 Å². The van der Waals surface area contributed by atoms with Gasteiger partial charge in [-0.2, -0.15) is 0 Å². The molecule has 3 aromatic rings. The Kier molecular flexibility index (Phi) is 5.55. The highest BCUT2D eigenvalue weighted by atomic mass is 19.2. The van der Waals surface area contributed by atoms with Crippen LogP contribution in [0.1, 0.15) is 5.82 Å². The van der Waals surface area contributed by atoms with Gasteiger partial charge in [0.05, 0.1) is 0 Å². The van der Waals surface area contributed by atoms with Crippen molar-refractivity contribution < 1.29 is 13.6 Å². The molecule has 0 unspecified atom stereocenters. The number of nitrogens with one attached hydrogen (secondary N) is 3. The van der Waals surface area contributed by atoms with Crippen LogP contribution in [0.4, 0.5) is 25.1 Å². The maximum Gasteiger partial charge on any atom is 0.319 e. The summed E-state index contributed by atoms with van der Waals surface area (Å²) < 4.78 is 27.8. The average molecular weight is 373 g/mol. The minimum Gasteiger partial charge on any atom is -0.368 e. The highest BCUT2D eigenvalue weighted by molar-refractivity contribution is 5.89. The van der Waals surface area contributed by atoms with Crippen molar-refractivity contribution >= 4 is 17.5 Å². The van der Waals surface area contributed by atoms with Gasteiger partial charge in [-0.05, 0) is 19.1 Å². The average Bonchev–Trinajstić information content (AvgIpc) is 3.08. The third-order valence-corrected chi connectivity index (χ3v) is 3.62. The van der Waals surface area contributed by atoms with Crippen molar-refractivity contribution in [2.75, 3.05) is 23.7 Å². The quantitative estimate of drug-likeness (QED) is 0.577. The lowest BCUT2D eigenvalue weighted by atomic mass is 10.3. The number of aromatic nitrogens is 4. The molecular formula is C17H17F2N7O. The van der Waals surface area contributed by atoms with Gasteiger partial charge in [-0.3, -0.25) is 4.57 Å². The number of aryl methyl sites for hydroxylation is 1. The van der Waals surface area contributed by atoms with E-state index in [2.05, 4.69) is 30.9 Å². The number of hydrogen-bond acceptors (Lipinski definition) is 5. The lowest BCUT2D eigenvalue weighted by molar-refractivity contribution is 0.252. The van der Waals surface area contributed by atoms with Crippen molar-refractivity contribution in [3.05, 3.63) is 60.4 Å². The number of rotatable bonds is 6. The Morgan fingerprint density at radius 2 is 1.96 bits per heavy atom. The second-order valence-corrected chi connectivity index (χ2v) is 5.54. The summed E-state index contributed by atoms with van der Waals surface area (Å²) in [6, 6.07) is 4.36. The number of carbonyl (C=O) groups is 1. The number of halogens is 2. The van der Waals surface area contributed by atoms with E-state index in [9.17, 15) is 13.6 Å². The molecule has 1 aromatic carbocycles. The maximum absolute atomic E-state index is 13.1. The molecule has 0 aliphatic carbocycles. The van der Waals surface area contributed by atoms with Gasteiger partial charge in [-0.1, -0.05) is 0 Å². The van der Waals surface area contributed by atoms with Crippen LogP contribution < -0.4 is 16.0 Å². The van der Waals surface area contributed by atoms with Gasteiger partial charge >= 0.3 is 6.03 Å². The normalized spacial score (nSPS) is 10.5. The highest BCUT2D eigenvalue weighted by Crippen LogP contribution is 2.13. The zero-order valence-corrected chi connectivity index (χ0v) is 14.4. The number of amides is 2. The Balaban J connectivity index is 1.47. The van der Waals surface area contributed by atoms with E-state index in [1.165, 1.54) is 12.4 Å². The van der Waals surface area contributed by atoms with Crippen LogP contribution in [0.15, 0.2) is 43.0 Å². The topological polar surface area (TPSA) is 96.8 Å². The van der Waals surface area contributed by atoms with Gasteiger partial charge < -0.3 is 16.0 Å². The van der Waals surface area contributed by atoms with E-state index in [1.807, 2.05) is 11.5 Å². The molecule has 0 saturated carbocycles. The summed E-state index contributed by atoms with van der Waals surface area (Å²) in [5.74, 6) is 0.0695. The Hall–Kier alpha value is -3.56. The van der Waals surface area contributed by atoms with Gasteiger partial charge in [0.25, 0.3) is 0 Å². The lowest BCUT2D eigenvalue weighted by Gasteiger charge is -2.10. The molecule has 3 rings (SSSR count). The summed E-state index contributed by atoms with van der Waals surface area (Å²) in [7, 11) is 0. The van der Waals surface area contributed by atoms with E-state index in [1.54, 1.807) is 18.5 Å². The zero-order valence-electron chi connectivity index (χ0n) is 14.4. The minimum atomic E-state index is -1.03. The molecule has 0 aliphatic rings. The second-order valence-electron chi connectivity index (χ2n) is 5.54. The predicted molar refractivity (Wildman–Crippen MR) is 95.8 cm³/mol. The first-order chi connectivity index (χ1) is 13.0. The van der Waals surface area contributed by atoms with Crippen LogP contribution in [0.2, 0.25) is 0 Å². The first-order valence-corrected chi connectivity index (χ1v) is 8.09. The van der Waals surface area contributed by atoms with Gasteiger partial charge in [0.2, 0.25) is 0 Å². The summed E-state index contributed by atoms with van der Waals surface area (Å²) in [5.41, 5.74) is 0.163. The van der Waals surface area contributed by atoms with Crippen molar-refractivity contribution in [2.45, 2.75) is 6.92 Å². The number of imidazole rings is 1. The van der Waals surface area contributed by atoms with Crippen molar-refractivity contribution in [3.8, 4) is 5.82 Å². The van der Waals surface area contributed by atoms with Crippen molar-refractivity contribution in [3.63, 3.8) is 0 Å². The van der Waals surface area contributed by atoms with Gasteiger partial charge in [-0.15, -0.1) is 0 Å². The zero-order chi connectivity index (χ0) is 19.2. The van der Waals surface area contributed by atoms with Crippen LogP contribution in [0.3, 0.4) is 0 Å². The van der Waals surface area contributed by atoms with Crippen LogP contribution >= 0.6 is 0 Å². The molecule has 0 saturated heterocycles. The lowest BCUT2D eigenvalue weighted by Crippen LogP contribution is -2.32. The standard InChI is InChI=1S/C17H17F2N7O/c1-11-20-6-7-26(11)16-9-15(23-10-24-16)21-4-5-22-17(27)25-12-2-3-13(18)14(19)8-12/h2-3,6-10H,4-5H2,1H3,(H,21,23,24)(H2,22,25,27). The van der Waals surface area contributed by atoms with Crippen molar-refractivity contribution in [2.24, 2.45) is 0 Å². The molecule has 0 bridgehead atoms. The molecular weight excluding hydrogens is 356 g/mol. The van der Waals surface area contributed by atoms with E-state index in [0.29, 0.717) is 24.7 Å². The second kappa shape index (κ2) is 8.21. The van der Waals surface area contributed by atoms with Crippen LogP contribution in [0, 0.1) is 18.6 Å². The molecule has 0 atom stereocenters. The molecule has 27 heavy (non-hydrogen) atoms. The molecule has 0 radical (unpaired) electrons. The van der Waals surface area contributed by atoms with Crippen molar-refractivity contribution in [1.29, 1.82) is 0 Å². The molecule has 2 heterocycles. The molecule has 0 spiro atoms. The minimum absolute atomic E-state index is 0.163. The number of anilines is 2. The van der Waals surface area contributed by atoms with Crippen molar-refractivity contribution in [1.82, 2.24) is 24.8 Å². The fourth-order valence-electron chi connectivity index (χ4n) is 2.31. The van der Waals surface area contributed by atoms with Crippen LogP contribution in [-0.4, -0.2) is 38.6 Å². The summed E-state index contributed by atoms with van der Waals surface area (Å²) in [6.07, 6.45) is 4.91. The Morgan fingerprint density at radius 3 is 2.70 bits per heavy atom. The summed E-state index contributed by atoms with van der Waals surface area (Å²) in [6.45, 7) is 2.56. The molecule has 2 aromatic heterocycles. The van der Waals surface area contributed by atoms with Gasteiger partial charge in [0, 0.05) is 43.3 Å². The van der Waals surface area contributed by atoms with E-state index < -0.39 is 17.7 Å². The third kappa shape index (κ3) is 4.75. The van der Waals surface area contributed by atoms with E-state index in [-0.39, 0.29) is 5.69 Å². The Bertz CT molecular complexity index is 945. The van der Waals surface area contributed by atoms with Crippen LogP contribution in [0.5, 0.6) is 0 Å². The fraction of sp³-hybridized carbons (Fsp3) is 0.176. The smallest absolute Gasteiger partial charge is 0.319 e. The summed E-state index contributed by atoms with van der Waals surface area (Å²) in [5, 5.41) is 8.09. The number of carbonyl (C=O) groups excluding carboxylic acids is 1. The number of urea groups is 1. The first kappa shape index (κ1) is 18.2. The number of hydrogen-bond donors (Lipinski definition) is 3. The summed E-state index contributed by atoms with van der Waals surface area (Å²) in [4.78, 5) is 24.2. The molecule has 10 heteroatoms. The van der Waals surface area contributed by atoms with Gasteiger partial charge in [0.15, 0.2) is 11.6 Å². The number of nitrogens with zero attached hydrogens (tertiary/aromatic N) is 4. The number of benzene rings is 1. The van der Waals surface area contributed by atoms with E-state index in [0.717, 1.165) is 18.0 Å². The van der Waals surface area contributed by atoms with E-state index in [4.69, 9.17) is 0 Å². The summed E-state index contributed by atoms with van der Waals surface area (Å²) >= 11 is 0. The Labute approximate surface area is 153 Å². The molecule has 8 nitrogen and oxygen atoms in total. The largest absolute Gasteiger partial charge is 0.368 e. The van der Waals surface area contributed by atoms with Crippen LogP contribution in [-0.2, 0) is 0 Å². The Morgan fingerprint density at radius 1 is 1.11 bits per heavy atom. The SMILES string of the molecule is Cc1nccn1-c1cc(NCCNC(=O)Nc2ccc(F)c(F)c2)ncn1. The fourth-order valence-corrected chi connectivity index (χ4v) is 2.31. The molecule has 3 N–H and O–H groups in total. The highest BCUT2D eigenvalue weighted by Gasteiger charge is 2.06. The first-order valence-electron chi connectivity index (χ1n) is 8.09. The molecule has 0 aliphatic heterocycles. The molecule has 2 amide bonds. The molecule has 0 fully saturated rings. The predicted octanol–water partition coefficient (Wildman–Crippen LogP) is 2.48. The monoisotopic (exact) mass is 373 g/mol. The van der Waals surface area contributed by atoms with Gasteiger partial charge in [-0.25, -0.2) is 28.5 Å².